The third kappa shape index (κ3) is 3.76. The summed E-state index contributed by atoms with van der Waals surface area (Å²) in [5.74, 6) is 0.479. The molecule has 118 valence electrons. The molecule has 0 spiro atoms. The van der Waals surface area contributed by atoms with Crippen LogP contribution < -0.4 is 10.2 Å². The lowest BCUT2D eigenvalue weighted by Crippen LogP contribution is -2.37. The van der Waals surface area contributed by atoms with Gasteiger partial charge in [0.1, 0.15) is 5.82 Å². The van der Waals surface area contributed by atoms with Gasteiger partial charge < -0.3 is 10.2 Å². The maximum Gasteiger partial charge on any atom is 0.130 e. The molecule has 0 heterocycles. The van der Waals surface area contributed by atoms with Crippen molar-refractivity contribution >= 4 is 5.69 Å². The molecule has 1 atom stereocenters. The minimum Gasteiger partial charge on any atom is -0.368 e. The van der Waals surface area contributed by atoms with Crippen LogP contribution >= 0.6 is 0 Å². The third-order valence-electron chi connectivity index (χ3n) is 4.53. The fraction of sp³-hybridized carbons (Fsp3) is 0.667. The van der Waals surface area contributed by atoms with Gasteiger partial charge in [0.15, 0.2) is 0 Å². The topological polar surface area (TPSA) is 15.3 Å². The Morgan fingerprint density at radius 1 is 1.24 bits per heavy atom. The van der Waals surface area contributed by atoms with Crippen molar-refractivity contribution in [3.63, 3.8) is 0 Å². The molecule has 1 aromatic carbocycles. The highest BCUT2D eigenvalue weighted by Crippen LogP contribution is 2.34. The number of halogens is 1. The van der Waals surface area contributed by atoms with E-state index in [1.807, 2.05) is 20.0 Å². The fourth-order valence-corrected chi connectivity index (χ4v) is 3.40. The molecule has 1 aromatic rings. The Morgan fingerprint density at radius 3 is 2.48 bits per heavy atom. The average Bonchev–Trinajstić information content (AvgIpc) is 2.97. The van der Waals surface area contributed by atoms with Crippen molar-refractivity contribution in [2.75, 3.05) is 18.5 Å². The number of benzene rings is 1. The Bertz CT molecular complexity index is 453. The largest absolute Gasteiger partial charge is 0.368 e. The van der Waals surface area contributed by atoms with E-state index in [2.05, 4.69) is 30.1 Å². The predicted octanol–water partition coefficient (Wildman–Crippen LogP) is 4.51. The summed E-state index contributed by atoms with van der Waals surface area (Å²) in [6.07, 6.45) is 5.06. The first kappa shape index (κ1) is 16.3. The number of hydrogen-bond acceptors (Lipinski definition) is 2. The van der Waals surface area contributed by atoms with Gasteiger partial charge in [-0.1, -0.05) is 32.8 Å². The molecule has 1 unspecified atom stereocenters. The molecular weight excluding hydrogens is 263 g/mol. The fourth-order valence-electron chi connectivity index (χ4n) is 3.40. The zero-order valence-electron chi connectivity index (χ0n) is 13.8. The standard InChI is InChI=1S/C18H29FN2/c1-13(2)12-21(15-8-5-6-9-15)17-11-7-10-16(19)18(17)14(3)20-4/h7,10-11,13-15,20H,5-6,8-9,12H2,1-4H3. The van der Waals surface area contributed by atoms with Crippen LogP contribution in [0, 0.1) is 11.7 Å². The molecule has 0 amide bonds. The van der Waals surface area contributed by atoms with Crippen molar-refractivity contribution in [1.29, 1.82) is 0 Å². The Hall–Kier alpha value is -1.09. The molecule has 0 radical (unpaired) electrons. The molecule has 21 heavy (non-hydrogen) atoms. The van der Waals surface area contributed by atoms with Gasteiger partial charge in [-0.05, 0) is 44.9 Å². The maximum atomic E-state index is 14.4. The molecule has 1 N–H and O–H groups in total. The van der Waals surface area contributed by atoms with Gasteiger partial charge >= 0.3 is 0 Å². The zero-order chi connectivity index (χ0) is 15.4. The van der Waals surface area contributed by atoms with Crippen molar-refractivity contribution in [2.45, 2.75) is 58.5 Å². The number of nitrogens with zero attached hydrogens (tertiary/aromatic N) is 1. The highest BCUT2D eigenvalue weighted by atomic mass is 19.1. The summed E-state index contributed by atoms with van der Waals surface area (Å²) in [5.41, 5.74) is 1.89. The summed E-state index contributed by atoms with van der Waals surface area (Å²) in [6.45, 7) is 7.51. The van der Waals surface area contributed by atoms with E-state index in [0.29, 0.717) is 12.0 Å². The monoisotopic (exact) mass is 292 g/mol. The van der Waals surface area contributed by atoms with E-state index < -0.39 is 0 Å². The molecule has 0 bridgehead atoms. The van der Waals surface area contributed by atoms with Crippen molar-refractivity contribution in [3.8, 4) is 0 Å². The van der Waals surface area contributed by atoms with Crippen LogP contribution in [0.1, 0.15) is 58.1 Å². The second kappa shape index (κ2) is 7.26. The van der Waals surface area contributed by atoms with Crippen LogP contribution in [-0.2, 0) is 0 Å². The van der Waals surface area contributed by atoms with E-state index in [1.165, 1.54) is 25.7 Å². The molecule has 2 rings (SSSR count). The van der Waals surface area contributed by atoms with E-state index in [0.717, 1.165) is 17.8 Å². The third-order valence-corrected chi connectivity index (χ3v) is 4.53. The second-order valence-corrected chi connectivity index (χ2v) is 6.67. The smallest absolute Gasteiger partial charge is 0.130 e. The second-order valence-electron chi connectivity index (χ2n) is 6.67. The van der Waals surface area contributed by atoms with E-state index in [-0.39, 0.29) is 11.9 Å². The van der Waals surface area contributed by atoms with E-state index in [4.69, 9.17) is 0 Å². The molecular formula is C18H29FN2. The van der Waals surface area contributed by atoms with Gasteiger partial charge in [-0.2, -0.15) is 0 Å². The Morgan fingerprint density at radius 2 is 1.90 bits per heavy atom. The van der Waals surface area contributed by atoms with Gasteiger partial charge in [-0.25, -0.2) is 4.39 Å². The highest BCUT2D eigenvalue weighted by molar-refractivity contribution is 5.56. The van der Waals surface area contributed by atoms with Crippen LogP contribution in [0.3, 0.4) is 0 Å². The summed E-state index contributed by atoms with van der Waals surface area (Å²) < 4.78 is 14.4. The van der Waals surface area contributed by atoms with Crippen molar-refractivity contribution in [1.82, 2.24) is 5.32 Å². The molecule has 1 fully saturated rings. The van der Waals surface area contributed by atoms with Gasteiger partial charge in [-0.3, -0.25) is 0 Å². The normalized spacial score (nSPS) is 17.4. The van der Waals surface area contributed by atoms with Gasteiger partial charge in [0.05, 0.1) is 0 Å². The summed E-state index contributed by atoms with van der Waals surface area (Å²) in [7, 11) is 1.89. The van der Waals surface area contributed by atoms with Crippen molar-refractivity contribution < 1.29 is 4.39 Å². The number of hydrogen-bond donors (Lipinski definition) is 1. The summed E-state index contributed by atoms with van der Waals surface area (Å²) >= 11 is 0. The Kier molecular flexibility index (Phi) is 5.63. The van der Waals surface area contributed by atoms with Crippen LogP contribution in [0.25, 0.3) is 0 Å². The molecule has 0 aliphatic heterocycles. The van der Waals surface area contributed by atoms with Gasteiger partial charge in [0, 0.05) is 29.9 Å². The molecule has 0 saturated heterocycles. The summed E-state index contributed by atoms with van der Waals surface area (Å²) in [4.78, 5) is 2.46. The lowest BCUT2D eigenvalue weighted by atomic mass is 10.0. The first-order chi connectivity index (χ1) is 10.0. The highest BCUT2D eigenvalue weighted by Gasteiger charge is 2.27. The maximum absolute atomic E-state index is 14.4. The van der Waals surface area contributed by atoms with Crippen LogP contribution in [-0.4, -0.2) is 19.6 Å². The van der Waals surface area contributed by atoms with Crippen LogP contribution in [0.15, 0.2) is 18.2 Å². The first-order valence-corrected chi connectivity index (χ1v) is 8.27. The van der Waals surface area contributed by atoms with Gasteiger partial charge in [0.2, 0.25) is 0 Å². The Labute approximate surface area is 128 Å². The Balaban J connectivity index is 2.40. The molecule has 0 aromatic heterocycles. The predicted molar refractivity (Wildman–Crippen MR) is 88.3 cm³/mol. The molecule has 1 saturated carbocycles. The summed E-state index contributed by atoms with van der Waals surface area (Å²) in [6, 6.07) is 6.11. The average molecular weight is 292 g/mol. The molecule has 1 aliphatic carbocycles. The van der Waals surface area contributed by atoms with Crippen LogP contribution in [0.4, 0.5) is 10.1 Å². The zero-order valence-corrected chi connectivity index (χ0v) is 13.8. The quantitative estimate of drug-likeness (QED) is 0.830. The minimum absolute atomic E-state index is 0.0252. The molecule has 1 aliphatic rings. The van der Waals surface area contributed by atoms with Gasteiger partial charge in [-0.15, -0.1) is 0 Å². The van der Waals surface area contributed by atoms with Crippen molar-refractivity contribution in [2.24, 2.45) is 5.92 Å². The van der Waals surface area contributed by atoms with Crippen LogP contribution in [0.2, 0.25) is 0 Å². The lowest BCUT2D eigenvalue weighted by Gasteiger charge is -2.35. The van der Waals surface area contributed by atoms with Gasteiger partial charge in [0.25, 0.3) is 0 Å². The van der Waals surface area contributed by atoms with E-state index >= 15 is 0 Å². The summed E-state index contributed by atoms with van der Waals surface area (Å²) in [5, 5.41) is 3.19. The van der Waals surface area contributed by atoms with E-state index in [9.17, 15) is 4.39 Å². The number of rotatable bonds is 6. The SMILES string of the molecule is CNC(C)c1c(F)cccc1N(CC(C)C)C1CCCC1. The minimum atomic E-state index is -0.0962. The molecule has 3 heteroatoms. The van der Waals surface area contributed by atoms with Crippen molar-refractivity contribution in [3.05, 3.63) is 29.6 Å². The number of anilines is 1. The first-order valence-electron chi connectivity index (χ1n) is 8.27. The molecule has 2 nitrogen and oxygen atoms in total. The lowest BCUT2D eigenvalue weighted by molar-refractivity contribution is 0.519. The number of nitrogens with one attached hydrogen (secondary N) is 1. The van der Waals surface area contributed by atoms with E-state index in [1.54, 1.807) is 6.07 Å². The van der Waals surface area contributed by atoms with Crippen LogP contribution in [0.5, 0.6) is 0 Å².